The predicted molar refractivity (Wildman–Crippen MR) is 111 cm³/mol. The molecular formula is C22H27N3O2S. The van der Waals surface area contributed by atoms with Crippen LogP contribution in [0.5, 0.6) is 0 Å². The van der Waals surface area contributed by atoms with Crippen LogP contribution in [0.15, 0.2) is 53.7 Å². The zero-order chi connectivity index (χ0) is 19.7. The summed E-state index contributed by atoms with van der Waals surface area (Å²) in [6.07, 6.45) is 11.3. The first-order valence-electron chi connectivity index (χ1n) is 9.88. The molecule has 0 bridgehead atoms. The van der Waals surface area contributed by atoms with E-state index in [2.05, 4.69) is 22.1 Å². The number of nitrogens with one attached hydrogen (secondary N) is 1. The zero-order valence-corrected chi connectivity index (χ0v) is 17.2. The van der Waals surface area contributed by atoms with Gasteiger partial charge in [0, 0.05) is 37.3 Å². The Kier molecular flexibility index (Phi) is 5.15. The Bertz CT molecular complexity index is 1040. The van der Waals surface area contributed by atoms with E-state index in [1.807, 2.05) is 29.9 Å². The maximum Gasteiger partial charge on any atom is 0.175 e. The number of H-pyrrole nitrogens is 1. The molecule has 3 aromatic rings. The molecular weight excluding hydrogens is 370 g/mol. The normalized spacial score (nSPS) is 16.5. The van der Waals surface area contributed by atoms with Crippen molar-refractivity contribution in [3.05, 3.63) is 60.0 Å². The molecule has 1 aromatic carbocycles. The second-order valence-corrected chi connectivity index (χ2v) is 9.98. The monoisotopic (exact) mass is 397 g/mol. The maximum absolute atomic E-state index is 11.8. The van der Waals surface area contributed by atoms with Gasteiger partial charge in [0.2, 0.25) is 0 Å². The van der Waals surface area contributed by atoms with Crippen molar-refractivity contribution < 1.29 is 8.42 Å². The molecule has 1 aliphatic rings. The number of hydrogen-bond acceptors (Lipinski definition) is 3. The summed E-state index contributed by atoms with van der Waals surface area (Å²) in [5.74, 6) is 1.86. The van der Waals surface area contributed by atoms with Gasteiger partial charge < -0.3 is 9.55 Å². The Hall–Kier alpha value is -2.34. The molecule has 2 aromatic heterocycles. The van der Waals surface area contributed by atoms with Gasteiger partial charge in [-0.1, -0.05) is 37.8 Å². The van der Waals surface area contributed by atoms with Crippen molar-refractivity contribution in [1.29, 1.82) is 0 Å². The number of benzene rings is 1. The van der Waals surface area contributed by atoms with Gasteiger partial charge in [0.1, 0.15) is 0 Å². The fraction of sp³-hybridized carbons (Fsp3) is 0.409. The van der Waals surface area contributed by atoms with Crippen molar-refractivity contribution in [2.75, 3.05) is 6.26 Å². The third kappa shape index (κ3) is 3.92. The average molecular weight is 398 g/mol. The number of rotatable bonds is 6. The van der Waals surface area contributed by atoms with Crippen LogP contribution in [0.25, 0.3) is 11.5 Å². The fourth-order valence-corrected chi connectivity index (χ4v) is 4.97. The minimum Gasteiger partial charge on any atom is -0.355 e. The van der Waals surface area contributed by atoms with Gasteiger partial charge in [-0.2, -0.15) is 0 Å². The van der Waals surface area contributed by atoms with Gasteiger partial charge in [-0.15, -0.1) is 0 Å². The van der Waals surface area contributed by atoms with Crippen molar-refractivity contribution in [3.63, 3.8) is 0 Å². The van der Waals surface area contributed by atoms with Crippen molar-refractivity contribution >= 4 is 9.84 Å². The zero-order valence-electron chi connectivity index (χ0n) is 16.4. The number of imidazole rings is 1. The van der Waals surface area contributed by atoms with Crippen LogP contribution in [0, 0.1) is 5.92 Å². The molecule has 1 atom stereocenters. The van der Waals surface area contributed by atoms with Crippen molar-refractivity contribution in [1.82, 2.24) is 14.5 Å². The van der Waals surface area contributed by atoms with E-state index in [4.69, 9.17) is 0 Å². The van der Waals surface area contributed by atoms with E-state index >= 15 is 0 Å². The summed E-state index contributed by atoms with van der Waals surface area (Å²) in [7, 11) is -1.19. The van der Waals surface area contributed by atoms with Gasteiger partial charge in [0.15, 0.2) is 15.7 Å². The molecule has 6 heteroatoms. The molecule has 5 nitrogen and oxygen atoms in total. The molecule has 1 aliphatic carbocycles. The van der Waals surface area contributed by atoms with E-state index in [1.165, 1.54) is 31.9 Å². The molecule has 1 saturated carbocycles. The quantitative estimate of drug-likeness (QED) is 0.664. The van der Waals surface area contributed by atoms with E-state index in [1.54, 1.807) is 18.3 Å². The van der Waals surface area contributed by atoms with Crippen LogP contribution in [-0.4, -0.2) is 29.2 Å². The van der Waals surface area contributed by atoms with Crippen molar-refractivity contribution in [2.24, 2.45) is 13.0 Å². The third-order valence-electron chi connectivity index (χ3n) is 5.90. The Balaban J connectivity index is 1.68. The van der Waals surface area contributed by atoms with E-state index in [-0.39, 0.29) is 5.92 Å². The molecule has 2 heterocycles. The summed E-state index contributed by atoms with van der Waals surface area (Å²) in [5.41, 5.74) is 3.33. The second kappa shape index (κ2) is 7.59. The Morgan fingerprint density at radius 1 is 1.14 bits per heavy atom. The highest BCUT2D eigenvalue weighted by molar-refractivity contribution is 7.90. The van der Waals surface area contributed by atoms with Crippen LogP contribution in [0.1, 0.15) is 49.3 Å². The predicted octanol–water partition coefficient (Wildman–Crippen LogP) is 4.53. The molecule has 4 rings (SSSR count). The Morgan fingerprint density at radius 3 is 2.46 bits per heavy atom. The van der Waals surface area contributed by atoms with Gasteiger partial charge in [-0.05, 0) is 42.2 Å². The topological polar surface area (TPSA) is 67.8 Å². The standard InChI is InChI=1S/C22H27N3O2S/c1-25-14-13-23-22(25)21-12-11-20(24-21)19(15-16-5-3-4-6-16)17-7-9-18(10-8-17)28(2,26)27/h7-14,16,19,24H,3-6,15H2,1-2H3. The molecule has 0 amide bonds. The fourth-order valence-electron chi connectivity index (χ4n) is 4.34. The highest BCUT2D eigenvalue weighted by Crippen LogP contribution is 2.38. The van der Waals surface area contributed by atoms with Crippen LogP contribution in [0.2, 0.25) is 0 Å². The summed E-state index contributed by atoms with van der Waals surface area (Å²) in [6.45, 7) is 0. The summed E-state index contributed by atoms with van der Waals surface area (Å²) in [5, 5.41) is 0. The number of aromatic amines is 1. The molecule has 0 radical (unpaired) electrons. The molecule has 0 aliphatic heterocycles. The van der Waals surface area contributed by atoms with Gasteiger partial charge in [-0.3, -0.25) is 0 Å². The second-order valence-electron chi connectivity index (χ2n) is 7.97. The van der Waals surface area contributed by atoms with E-state index in [9.17, 15) is 8.42 Å². The Labute approximate surface area is 166 Å². The highest BCUT2D eigenvalue weighted by Gasteiger charge is 2.24. The maximum atomic E-state index is 11.8. The molecule has 148 valence electrons. The lowest BCUT2D eigenvalue weighted by atomic mass is 9.86. The van der Waals surface area contributed by atoms with Crippen LogP contribution in [0.3, 0.4) is 0 Å². The largest absolute Gasteiger partial charge is 0.355 e. The number of aryl methyl sites for hydroxylation is 1. The van der Waals surface area contributed by atoms with E-state index in [0.717, 1.165) is 35.1 Å². The lowest BCUT2D eigenvalue weighted by molar-refractivity contribution is 0.469. The van der Waals surface area contributed by atoms with Gasteiger partial charge in [0.25, 0.3) is 0 Å². The van der Waals surface area contributed by atoms with Crippen LogP contribution < -0.4 is 0 Å². The van der Waals surface area contributed by atoms with Gasteiger partial charge in [0.05, 0.1) is 10.6 Å². The third-order valence-corrected chi connectivity index (χ3v) is 7.03. The van der Waals surface area contributed by atoms with Crippen LogP contribution in [-0.2, 0) is 16.9 Å². The number of aromatic nitrogens is 3. The van der Waals surface area contributed by atoms with Crippen LogP contribution >= 0.6 is 0 Å². The minimum absolute atomic E-state index is 0.228. The summed E-state index contributed by atoms with van der Waals surface area (Å²) in [6, 6.07) is 11.6. The number of hydrogen-bond donors (Lipinski definition) is 1. The first kappa shape index (κ1) is 19.0. The Morgan fingerprint density at radius 2 is 1.86 bits per heavy atom. The number of sulfone groups is 1. The highest BCUT2D eigenvalue weighted by atomic mass is 32.2. The van der Waals surface area contributed by atoms with Gasteiger partial charge >= 0.3 is 0 Å². The van der Waals surface area contributed by atoms with Crippen molar-refractivity contribution in [2.45, 2.75) is 42.9 Å². The van der Waals surface area contributed by atoms with Gasteiger partial charge in [-0.25, -0.2) is 13.4 Å². The first-order valence-corrected chi connectivity index (χ1v) is 11.8. The van der Waals surface area contributed by atoms with E-state index in [0.29, 0.717) is 4.90 Å². The molecule has 1 unspecified atom stereocenters. The first-order chi connectivity index (χ1) is 13.4. The summed E-state index contributed by atoms with van der Waals surface area (Å²) < 4.78 is 25.6. The summed E-state index contributed by atoms with van der Waals surface area (Å²) >= 11 is 0. The molecule has 0 spiro atoms. The molecule has 1 fully saturated rings. The average Bonchev–Trinajstić information content (AvgIpc) is 3.41. The minimum atomic E-state index is -3.18. The molecule has 0 saturated heterocycles. The lowest BCUT2D eigenvalue weighted by Crippen LogP contribution is -2.08. The smallest absolute Gasteiger partial charge is 0.175 e. The molecule has 28 heavy (non-hydrogen) atoms. The number of nitrogens with zero attached hydrogens (tertiary/aromatic N) is 2. The SMILES string of the molecule is Cn1ccnc1-c1ccc(C(CC2CCCC2)c2ccc(S(C)(=O)=O)cc2)[nH]1. The van der Waals surface area contributed by atoms with Crippen LogP contribution in [0.4, 0.5) is 0 Å². The summed E-state index contributed by atoms with van der Waals surface area (Å²) in [4.78, 5) is 8.38. The molecule has 1 N–H and O–H groups in total. The lowest BCUT2D eigenvalue weighted by Gasteiger charge is -2.21. The van der Waals surface area contributed by atoms with E-state index < -0.39 is 9.84 Å². The van der Waals surface area contributed by atoms with Crippen molar-refractivity contribution in [3.8, 4) is 11.5 Å².